The Morgan fingerprint density at radius 3 is 1.92 bits per heavy atom. The average molecular weight is 891 g/mol. The van der Waals surface area contributed by atoms with Crippen LogP contribution in [0.3, 0.4) is 0 Å². The lowest BCUT2D eigenvalue weighted by Gasteiger charge is -2.50. The van der Waals surface area contributed by atoms with Gasteiger partial charge in [0, 0.05) is 27.1 Å². The Kier molecular flexibility index (Phi) is 23.0. The summed E-state index contributed by atoms with van der Waals surface area (Å²) < 4.78 is 52.0. The SMILES string of the molecule is CCCOCCOCCO[C@H](C(O)[C@@H](O)O[C@@H]1C(CO)O[C@@H](O[C@@H]2C(CO[C@@H]3O[C@@H](C)[C@@H](O)C(O)C3O)O[C@@H](C(C)C)C(NC(C)=O)[C@H]2O)C(NC(C)=O)[C@H]1O)[C@H](O)CCO. The van der Waals surface area contributed by atoms with Crippen molar-refractivity contribution in [2.45, 2.75) is 171 Å². The van der Waals surface area contributed by atoms with Crippen molar-refractivity contribution in [2.75, 3.05) is 52.9 Å². The molecular formula is C38H70N2O21. The molecule has 61 heavy (non-hydrogen) atoms. The van der Waals surface area contributed by atoms with Crippen LogP contribution in [-0.2, 0) is 52.2 Å². The van der Waals surface area contributed by atoms with Crippen molar-refractivity contribution in [2.24, 2.45) is 5.92 Å². The van der Waals surface area contributed by atoms with E-state index in [0.717, 1.165) is 13.3 Å². The first-order valence-electron chi connectivity index (χ1n) is 20.7. The van der Waals surface area contributed by atoms with Gasteiger partial charge in [-0.05, 0) is 25.7 Å². The van der Waals surface area contributed by atoms with E-state index in [1.165, 1.54) is 13.8 Å². The standard InChI is InChI=1S/C38H70N2O21/c1-7-10-53-11-12-54-13-14-55-33(21(45)8-9-41)31(51)36(52)60-34-22(15-42)59-37(25(28(34)48)40-20(6)44)61-35-23(16-56-38-30(50)29(49)26(46)18(4)57-38)58-32(17(2)3)24(27(35)47)39-19(5)43/h17-18,21-38,41-42,45-52H,7-16H2,1-6H3,(H,39,43)(H,40,44)/t18-,21+,22?,23?,24?,25?,26+,27+,28+,29?,30?,31?,32-,33-,34+,35+,36-,37-,38+/m0/s1. The molecular weight excluding hydrogens is 820 g/mol. The van der Waals surface area contributed by atoms with Crippen molar-refractivity contribution < 1.29 is 103 Å². The molecule has 23 heteroatoms. The molecule has 3 aliphatic heterocycles. The van der Waals surface area contributed by atoms with Crippen LogP contribution in [0.15, 0.2) is 0 Å². The van der Waals surface area contributed by atoms with Crippen LogP contribution < -0.4 is 10.6 Å². The molecule has 7 unspecified atom stereocenters. The fourth-order valence-electron chi connectivity index (χ4n) is 7.34. The third kappa shape index (κ3) is 15.1. The van der Waals surface area contributed by atoms with Gasteiger partial charge in [-0.15, -0.1) is 0 Å². The number of carbonyl (C=O) groups excluding carboxylic acids is 2. The molecule has 0 aromatic rings. The molecule has 0 radical (unpaired) electrons. The van der Waals surface area contributed by atoms with E-state index in [2.05, 4.69) is 10.6 Å². The van der Waals surface area contributed by atoms with Gasteiger partial charge >= 0.3 is 0 Å². The Labute approximate surface area is 355 Å². The van der Waals surface area contributed by atoms with Gasteiger partial charge in [-0.2, -0.15) is 0 Å². The Hall–Kier alpha value is -1.82. The minimum absolute atomic E-state index is 0.0171. The molecule has 12 N–H and O–H groups in total. The number of carbonyl (C=O) groups is 2. The lowest BCUT2D eigenvalue weighted by molar-refractivity contribution is -0.343. The molecule has 23 nitrogen and oxygen atoms in total. The van der Waals surface area contributed by atoms with Crippen molar-refractivity contribution >= 4 is 11.8 Å². The van der Waals surface area contributed by atoms with E-state index in [9.17, 15) is 60.7 Å². The lowest BCUT2D eigenvalue weighted by Crippen LogP contribution is -2.70. The predicted octanol–water partition coefficient (Wildman–Crippen LogP) is -5.28. The van der Waals surface area contributed by atoms with Gasteiger partial charge in [0.1, 0.15) is 73.2 Å². The molecule has 358 valence electrons. The van der Waals surface area contributed by atoms with E-state index in [-0.39, 0.29) is 32.2 Å². The van der Waals surface area contributed by atoms with Gasteiger partial charge in [-0.25, -0.2) is 0 Å². The van der Waals surface area contributed by atoms with Gasteiger partial charge in [-0.3, -0.25) is 9.59 Å². The first-order chi connectivity index (χ1) is 28.9. The second-order valence-corrected chi connectivity index (χ2v) is 15.8. The van der Waals surface area contributed by atoms with Crippen LogP contribution in [0.2, 0.25) is 0 Å². The van der Waals surface area contributed by atoms with Crippen molar-refractivity contribution in [3.8, 4) is 0 Å². The number of amides is 2. The minimum atomic E-state index is -2.23. The summed E-state index contributed by atoms with van der Waals surface area (Å²) in [7, 11) is 0. The van der Waals surface area contributed by atoms with Crippen molar-refractivity contribution in [1.82, 2.24) is 10.6 Å². The molecule has 2 amide bonds. The smallest absolute Gasteiger partial charge is 0.217 e. The molecule has 3 saturated heterocycles. The summed E-state index contributed by atoms with van der Waals surface area (Å²) in [4.78, 5) is 24.8. The van der Waals surface area contributed by atoms with Crippen LogP contribution >= 0.6 is 0 Å². The second-order valence-electron chi connectivity index (χ2n) is 15.8. The monoisotopic (exact) mass is 890 g/mol. The minimum Gasteiger partial charge on any atom is -0.396 e. The molecule has 3 rings (SSSR count). The lowest BCUT2D eigenvalue weighted by atomic mass is 9.87. The fourth-order valence-corrected chi connectivity index (χ4v) is 7.34. The number of hydrogen-bond donors (Lipinski definition) is 12. The average Bonchev–Trinajstić information content (AvgIpc) is 3.20. The Bertz CT molecular complexity index is 1270. The molecule has 0 aromatic heterocycles. The quantitative estimate of drug-likeness (QED) is 0.0301. The molecule has 0 saturated carbocycles. The number of hydrogen-bond acceptors (Lipinski definition) is 21. The van der Waals surface area contributed by atoms with Crippen molar-refractivity contribution in [3.63, 3.8) is 0 Å². The first kappa shape index (κ1) is 53.5. The molecule has 0 aromatic carbocycles. The zero-order valence-electron chi connectivity index (χ0n) is 35.6. The summed E-state index contributed by atoms with van der Waals surface area (Å²) in [6.45, 7) is 8.40. The first-order valence-corrected chi connectivity index (χ1v) is 20.7. The van der Waals surface area contributed by atoms with Crippen LogP contribution in [0.25, 0.3) is 0 Å². The molecule has 0 aliphatic carbocycles. The summed E-state index contributed by atoms with van der Waals surface area (Å²) in [5, 5.41) is 113. The Balaban J connectivity index is 1.85. The Morgan fingerprint density at radius 1 is 0.721 bits per heavy atom. The second kappa shape index (κ2) is 26.2. The van der Waals surface area contributed by atoms with E-state index in [1.54, 1.807) is 13.8 Å². The maximum absolute atomic E-state index is 12.5. The zero-order valence-corrected chi connectivity index (χ0v) is 35.6. The number of ether oxygens (including phenoxy) is 9. The van der Waals surface area contributed by atoms with Gasteiger partial charge < -0.3 is 104 Å². The van der Waals surface area contributed by atoms with E-state index in [0.29, 0.717) is 13.2 Å². The highest BCUT2D eigenvalue weighted by molar-refractivity contribution is 5.73. The highest BCUT2D eigenvalue weighted by atomic mass is 16.7. The maximum atomic E-state index is 12.5. The number of aliphatic hydroxyl groups excluding tert-OH is 10. The fraction of sp³-hybridized carbons (Fsp3) is 0.947. The predicted molar refractivity (Wildman–Crippen MR) is 206 cm³/mol. The summed E-state index contributed by atoms with van der Waals surface area (Å²) in [5.74, 6) is -1.55. The molecule has 3 aliphatic rings. The number of rotatable bonds is 25. The maximum Gasteiger partial charge on any atom is 0.217 e. The van der Waals surface area contributed by atoms with E-state index < -0.39 is 148 Å². The normalized spacial score (nSPS) is 36.6. The molecule has 3 fully saturated rings. The van der Waals surface area contributed by atoms with Gasteiger partial charge in [0.15, 0.2) is 18.9 Å². The largest absolute Gasteiger partial charge is 0.396 e. The summed E-state index contributed by atoms with van der Waals surface area (Å²) in [6.07, 6.45) is -26.0. The van der Waals surface area contributed by atoms with Crippen LogP contribution in [-0.4, -0.2) is 232 Å². The molecule has 3 heterocycles. The van der Waals surface area contributed by atoms with Gasteiger partial charge in [0.25, 0.3) is 0 Å². The zero-order chi connectivity index (χ0) is 45.6. The van der Waals surface area contributed by atoms with Gasteiger partial charge in [-0.1, -0.05) is 20.8 Å². The van der Waals surface area contributed by atoms with E-state index in [1.807, 2.05) is 6.92 Å². The highest BCUT2D eigenvalue weighted by Crippen LogP contribution is 2.34. The third-order valence-corrected chi connectivity index (χ3v) is 10.5. The summed E-state index contributed by atoms with van der Waals surface area (Å²) in [5.41, 5.74) is 0. The van der Waals surface area contributed by atoms with E-state index >= 15 is 0 Å². The van der Waals surface area contributed by atoms with Crippen LogP contribution in [0, 0.1) is 5.92 Å². The highest BCUT2D eigenvalue weighted by Gasteiger charge is 2.54. The van der Waals surface area contributed by atoms with Gasteiger partial charge in [0.05, 0.1) is 64.0 Å². The van der Waals surface area contributed by atoms with Crippen LogP contribution in [0.4, 0.5) is 0 Å². The molecule has 0 spiro atoms. The van der Waals surface area contributed by atoms with E-state index in [4.69, 9.17) is 42.6 Å². The third-order valence-electron chi connectivity index (χ3n) is 10.5. The van der Waals surface area contributed by atoms with Crippen molar-refractivity contribution in [1.29, 1.82) is 0 Å². The van der Waals surface area contributed by atoms with Crippen LogP contribution in [0.5, 0.6) is 0 Å². The van der Waals surface area contributed by atoms with Crippen LogP contribution in [0.1, 0.15) is 54.4 Å². The number of nitrogens with one attached hydrogen (secondary N) is 2. The van der Waals surface area contributed by atoms with Gasteiger partial charge in [0.2, 0.25) is 11.8 Å². The number of aliphatic hydroxyl groups is 10. The molecule has 0 bridgehead atoms. The Morgan fingerprint density at radius 2 is 1.33 bits per heavy atom. The van der Waals surface area contributed by atoms with Crippen molar-refractivity contribution in [3.05, 3.63) is 0 Å². The summed E-state index contributed by atoms with van der Waals surface area (Å²) >= 11 is 0. The molecule has 19 atom stereocenters. The summed E-state index contributed by atoms with van der Waals surface area (Å²) in [6, 6.07) is -2.67. The topological polar surface area (TPSA) is 344 Å².